The summed E-state index contributed by atoms with van der Waals surface area (Å²) in [5.74, 6) is -0.780. The normalized spacial score (nSPS) is 12.8. The van der Waals surface area contributed by atoms with Gasteiger partial charge in [0.1, 0.15) is 12.4 Å². The molecule has 0 saturated heterocycles. The van der Waals surface area contributed by atoms with Crippen LogP contribution >= 0.6 is 15.9 Å². The van der Waals surface area contributed by atoms with Crippen LogP contribution in [-0.4, -0.2) is 42.9 Å². The monoisotopic (exact) mass is 536 g/mol. The quantitative estimate of drug-likeness (QED) is 0.444. The molecule has 8 nitrogen and oxygen atoms in total. The molecule has 3 aromatic rings. The van der Waals surface area contributed by atoms with E-state index in [1.807, 2.05) is 19.9 Å². The summed E-state index contributed by atoms with van der Waals surface area (Å²) in [4.78, 5) is 16.9. The zero-order valence-electron chi connectivity index (χ0n) is 18.4. The third-order valence-electron chi connectivity index (χ3n) is 4.89. The molecule has 0 aliphatic rings. The van der Waals surface area contributed by atoms with Crippen LogP contribution < -0.4 is 5.56 Å². The standard InChI is InChI=1S/C23H25BrN2O6S/c1-15(2)32-14-20-25-22(27)21(33(29,30)18-11-9-17(24)10-12-18)23(28)26(20)19(13-31-3)16-7-5-4-6-8-16/h4-12,15,19,27H,13-14H2,1-3H3. The summed E-state index contributed by atoms with van der Waals surface area (Å²) in [5.41, 5.74) is -0.189. The van der Waals surface area contributed by atoms with E-state index in [1.54, 1.807) is 36.4 Å². The van der Waals surface area contributed by atoms with E-state index in [2.05, 4.69) is 20.9 Å². The van der Waals surface area contributed by atoms with Crippen molar-refractivity contribution in [2.45, 2.75) is 42.4 Å². The van der Waals surface area contributed by atoms with Gasteiger partial charge in [0.2, 0.25) is 15.7 Å². The second-order valence-corrected chi connectivity index (χ2v) is 10.4. The number of aromatic hydroxyl groups is 1. The minimum absolute atomic E-state index is 0.0722. The van der Waals surface area contributed by atoms with Gasteiger partial charge in [0.15, 0.2) is 4.90 Å². The summed E-state index contributed by atoms with van der Waals surface area (Å²) in [7, 11) is -2.88. The molecule has 0 spiro atoms. The lowest BCUT2D eigenvalue weighted by atomic mass is 10.1. The van der Waals surface area contributed by atoms with Gasteiger partial charge < -0.3 is 14.6 Å². The predicted octanol–water partition coefficient (Wildman–Crippen LogP) is 3.71. The smallest absolute Gasteiger partial charge is 0.277 e. The number of ether oxygens (including phenoxy) is 2. The molecule has 0 bridgehead atoms. The molecule has 0 fully saturated rings. The zero-order valence-corrected chi connectivity index (χ0v) is 20.8. The fraction of sp³-hybridized carbons (Fsp3) is 0.304. The van der Waals surface area contributed by atoms with E-state index in [0.717, 1.165) is 0 Å². The lowest BCUT2D eigenvalue weighted by Crippen LogP contribution is -2.35. The van der Waals surface area contributed by atoms with Crippen molar-refractivity contribution < 1.29 is 23.0 Å². The Labute approximate surface area is 200 Å². The Morgan fingerprint density at radius 3 is 2.30 bits per heavy atom. The van der Waals surface area contributed by atoms with Gasteiger partial charge in [-0.15, -0.1) is 0 Å². The Bertz CT molecular complexity index is 1260. The highest BCUT2D eigenvalue weighted by atomic mass is 79.9. The fourth-order valence-corrected chi connectivity index (χ4v) is 4.94. The number of nitrogens with zero attached hydrogens (tertiary/aromatic N) is 2. The van der Waals surface area contributed by atoms with Crippen LogP contribution in [-0.2, 0) is 25.9 Å². The first-order valence-electron chi connectivity index (χ1n) is 10.2. The van der Waals surface area contributed by atoms with Gasteiger partial charge in [-0.25, -0.2) is 8.42 Å². The van der Waals surface area contributed by atoms with Gasteiger partial charge in [-0.1, -0.05) is 46.3 Å². The van der Waals surface area contributed by atoms with Crippen LogP contribution in [0.5, 0.6) is 5.88 Å². The topological polar surface area (TPSA) is 108 Å². The number of rotatable bonds is 9. The molecule has 0 radical (unpaired) electrons. The van der Waals surface area contributed by atoms with Gasteiger partial charge in [-0.05, 0) is 43.7 Å². The third kappa shape index (κ3) is 5.52. The molecule has 1 aromatic heterocycles. The Hall–Kier alpha value is -2.53. The number of benzene rings is 2. The summed E-state index contributed by atoms with van der Waals surface area (Å²) >= 11 is 3.26. The molecule has 176 valence electrons. The number of hydrogen-bond acceptors (Lipinski definition) is 7. The maximum atomic E-state index is 13.7. The van der Waals surface area contributed by atoms with Crippen molar-refractivity contribution >= 4 is 25.8 Å². The summed E-state index contributed by atoms with van der Waals surface area (Å²) < 4.78 is 39.6. The van der Waals surface area contributed by atoms with Crippen molar-refractivity contribution in [2.24, 2.45) is 0 Å². The summed E-state index contributed by atoms with van der Waals surface area (Å²) in [5, 5.41) is 10.6. The van der Waals surface area contributed by atoms with Gasteiger partial charge in [0.25, 0.3) is 5.56 Å². The highest BCUT2D eigenvalue weighted by Gasteiger charge is 2.32. The van der Waals surface area contributed by atoms with E-state index in [9.17, 15) is 18.3 Å². The molecule has 1 unspecified atom stereocenters. The van der Waals surface area contributed by atoms with Crippen LogP contribution in [0.1, 0.15) is 31.3 Å². The highest BCUT2D eigenvalue weighted by molar-refractivity contribution is 9.10. The highest BCUT2D eigenvalue weighted by Crippen LogP contribution is 2.28. The fourth-order valence-electron chi connectivity index (χ4n) is 3.33. The maximum Gasteiger partial charge on any atom is 0.277 e. The van der Waals surface area contributed by atoms with Crippen molar-refractivity contribution in [1.82, 2.24) is 9.55 Å². The molecule has 0 amide bonds. The van der Waals surface area contributed by atoms with Crippen LogP contribution in [0.15, 0.2) is 73.7 Å². The lowest BCUT2D eigenvalue weighted by molar-refractivity contribution is 0.0557. The molecule has 3 rings (SSSR count). The minimum Gasteiger partial charge on any atom is -0.492 e. The lowest BCUT2D eigenvalue weighted by Gasteiger charge is -2.24. The molecule has 1 N–H and O–H groups in total. The average molecular weight is 537 g/mol. The molecule has 0 aliphatic heterocycles. The third-order valence-corrected chi connectivity index (χ3v) is 7.20. The van der Waals surface area contributed by atoms with Crippen molar-refractivity contribution in [2.75, 3.05) is 13.7 Å². The Morgan fingerprint density at radius 2 is 1.73 bits per heavy atom. The molecule has 1 heterocycles. The van der Waals surface area contributed by atoms with E-state index in [0.29, 0.717) is 10.0 Å². The molecule has 1 atom stereocenters. The molecular formula is C23H25BrN2O6S. The first kappa shape index (κ1) is 25.1. The van der Waals surface area contributed by atoms with E-state index >= 15 is 0 Å². The van der Waals surface area contributed by atoms with Gasteiger partial charge in [0.05, 0.1) is 23.6 Å². The number of sulfone groups is 1. The van der Waals surface area contributed by atoms with Crippen LogP contribution in [0.2, 0.25) is 0 Å². The molecule has 10 heteroatoms. The van der Waals surface area contributed by atoms with E-state index in [1.165, 1.54) is 23.8 Å². The average Bonchev–Trinajstić information content (AvgIpc) is 2.77. The maximum absolute atomic E-state index is 13.7. The first-order valence-corrected chi connectivity index (χ1v) is 12.4. The van der Waals surface area contributed by atoms with Crippen molar-refractivity contribution in [3.63, 3.8) is 0 Å². The summed E-state index contributed by atoms with van der Waals surface area (Å²) in [6, 6.07) is 14.1. The first-order chi connectivity index (χ1) is 15.7. The predicted molar refractivity (Wildman–Crippen MR) is 126 cm³/mol. The van der Waals surface area contributed by atoms with Gasteiger partial charge in [-0.3, -0.25) is 9.36 Å². The minimum atomic E-state index is -4.37. The largest absolute Gasteiger partial charge is 0.492 e. The second kappa shape index (κ2) is 10.6. The van der Waals surface area contributed by atoms with Crippen LogP contribution in [0.25, 0.3) is 0 Å². The van der Waals surface area contributed by atoms with E-state index < -0.39 is 32.2 Å². The molecular weight excluding hydrogens is 512 g/mol. The molecule has 33 heavy (non-hydrogen) atoms. The molecule has 0 aliphatic carbocycles. The summed E-state index contributed by atoms with van der Waals surface area (Å²) in [6.07, 6.45) is -0.179. The van der Waals surface area contributed by atoms with Gasteiger partial charge in [-0.2, -0.15) is 4.98 Å². The Kier molecular flexibility index (Phi) is 8.06. The number of hydrogen-bond donors (Lipinski definition) is 1. The van der Waals surface area contributed by atoms with E-state index in [4.69, 9.17) is 9.47 Å². The second-order valence-electron chi connectivity index (χ2n) is 7.55. The van der Waals surface area contributed by atoms with Gasteiger partial charge in [0, 0.05) is 11.6 Å². The van der Waals surface area contributed by atoms with Crippen LogP contribution in [0.3, 0.4) is 0 Å². The van der Waals surface area contributed by atoms with Crippen molar-refractivity contribution in [3.05, 3.63) is 80.8 Å². The number of methoxy groups -OCH3 is 1. The number of aromatic nitrogens is 2. The Morgan fingerprint density at radius 1 is 1.09 bits per heavy atom. The van der Waals surface area contributed by atoms with Crippen molar-refractivity contribution in [1.29, 1.82) is 0 Å². The van der Waals surface area contributed by atoms with Crippen LogP contribution in [0, 0.1) is 0 Å². The van der Waals surface area contributed by atoms with E-state index in [-0.39, 0.29) is 30.0 Å². The SMILES string of the molecule is COCC(c1ccccc1)n1c(COC(C)C)nc(O)c(S(=O)(=O)c2ccc(Br)cc2)c1=O. The zero-order chi connectivity index (χ0) is 24.2. The van der Waals surface area contributed by atoms with Gasteiger partial charge >= 0.3 is 0 Å². The van der Waals surface area contributed by atoms with Crippen LogP contribution in [0.4, 0.5) is 0 Å². The summed E-state index contributed by atoms with van der Waals surface area (Å²) in [6.45, 7) is 3.60. The van der Waals surface area contributed by atoms with Crippen molar-refractivity contribution in [3.8, 4) is 5.88 Å². The molecule has 2 aromatic carbocycles. The molecule has 0 saturated carbocycles. The Balaban J connectivity index is 2.29. The number of halogens is 1.